The Balaban J connectivity index is 2.33. The first kappa shape index (κ1) is 12.0. The summed E-state index contributed by atoms with van der Waals surface area (Å²) in [6, 6.07) is 3.95. The first-order chi connectivity index (χ1) is 8.11. The maximum atomic E-state index is 13.0. The lowest BCUT2D eigenvalue weighted by Crippen LogP contribution is -2.08. The summed E-state index contributed by atoms with van der Waals surface area (Å²) in [5, 5.41) is 3.80. The highest BCUT2D eigenvalue weighted by molar-refractivity contribution is 6.31. The van der Waals surface area contributed by atoms with Crippen LogP contribution in [0.3, 0.4) is 0 Å². The van der Waals surface area contributed by atoms with Gasteiger partial charge in [0.2, 0.25) is 11.7 Å². The van der Waals surface area contributed by atoms with Crippen LogP contribution in [0, 0.1) is 5.82 Å². The van der Waals surface area contributed by atoms with Crippen molar-refractivity contribution in [3.63, 3.8) is 0 Å². The maximum absolute atomic E-state index is 13.0. The van der Waals surface area contributed by atoms with Crippen molar-refractivity contribution in [3.8, 4) is 11.4 Å². The van der Waals surface area contributed by atoms with Crippen molar-refractivity contribution in [2.45, 2.75) is 19.4 Å². The van der Waals surface area contributed by atoms with Gasteiger partial charge in [0.25, 0.3) is 0 Å². The topological polar surface area (TPSA) is 64.9 Å². The molecule has 6 heteroatoms. The molecule has 0 saturated carbocycles. The molecule has 4 nitrogen and oxygen atoms in total. The average Bonchev–Trinajstić information content (AvgIpc) is 2.81. The molecular weight excluding hydrogens is 245 g/mol. The Hall–Kier alpha value is -1.46. The van der Waals surface area contributed by atoms with E-state index in [4.69, 9.17) is 21.9 Å². The first-order valence-corrected chi connectivity index (χ1v) is 5.54. The summed E-state index contributed by atoms with van der Waals surface area (Å²) in [6.45, 7) is 1.92. The zero-order chi connectivity index (χ0) is 12.4. The van der Waals surface area contributed by atoms with E-state index >= 15 is 0 Å². The molecular formula is C11H11ClFN3O. The van der Waals surface area contributed by atoms with Gasteiger partial charge in [-0.05, 0) is 24.6 Å². The molecule has 0 bridgehead atoms. The predicted molar refractivity (Wildman–Crippen MR) is 61.9 cm³/mol. The zero-order valence-electron chi connectivity index (χ0n) is 9.15. The van der Waals surface area contributed by atoms with Crippen LogP contribution in [0.25, 0.3) is 11.4 Å². The van der Waals surface area contributed by atoms with Crippen molar-refractivity contribution in [1.82, 2.24) is 10.1 Å². The van der Waals surface area contributed by atoms with Crippen LogP contribution in [0.1, 0.15) is 25.3 Å². The summed E-state index contributed by atoms with van der Waals surface area (Å²) in [7, 11) is 0. The summed E-state index contributed by atoms with van der Waals surface area (Å²) in [5.74, 6) is 0.234. The second-order valence-corrected chi connectivity index (χ2v) is 4.01. The molecule has 1 aromatic carbocycles. The largest absolute Gasteiger partial charge is 0.337 e. The summed E-state index contributed by atoms with van der Waals surface area (Å²) in [5.41, 5.74) is 6.35. The molecule has 0 amide bonds. The zero-order valence-corrected chi connectivity index (χ0v) is 9.91. The second kappa shape index (κ2) is 4.81. The molecule has 17 heavy (non-hydrogen) atoms. The van der Waals surface area contributed by atoms with Crippen molar-refractivity contribution in [3.05, 3.63) is 34.9 Å². The van der Waals surface area contributed by atoms with E-state index in [1.54, 1.807) is 0 Å². The van der Waals surface area contributed by atoms with Gasteiger partial charge in [-0.2, -0.15) is 4.98 Å². The van der Waals surface area contributed by atoms with Crippen LogP contribution in [0.15, 0.2) is 22.7 Å². The van der Waals surface area contributed by atoms with Crippen LogP contribution < -0.4 is 5.73 Å². The number of nitrogens with zero attached hydrogens (tertiary/aromatic N) is 2. The van der Waals surface area contributed by atoms with Crippen LogP contribution in [-0.4, -0.2) is 10.1 Å². The molecule has 0 radical (unpaired) electrons. The Morgan fingerprint density at radius 2 is 2.29 bits per heavy atom. The number of hydrogen-bond acceptors (Lipinski definition) is 4. The Morgan fingerprint density at radius 3 is 2.94 bits per heavy atom. The summed E-state index contributed by atoms with van der Waals surface area (Å²) in [4.78, 5) is 4.14. The molecule has 0 saturated heterocycles. The standard InChI is InChI=1S/C11H11ClFN3O/c1-2-9(14)11-15-10(16-17-11)6-3-4-8(13)7(12)5-6/h3-5,9H,2,14H2,1H3/t9-/m1/s1. The average molecular weight is 256 g/mol. The quantitative estimate of drug-likeness (QED) is 0.916. The van der Waals surface area contributed by atoms with Gasteiger partial charge < -0.3 is 10.3 Å². The summed E-state index contributed by atoms with van der Waals surface area (Å²) >= 11 is 5.67. The van der Waals surface area contributed by atoms with Crippen molar-refractivity contribution in [2.75, 3.05) is 0 Å². The lowest BCUT2D eigenvalue weighted by atomic mass is 10.2. The molecule has 90 valence electrons. The third-order valence-electron chi connectivity index (χ3n) is 2.38. The Kier molecular flexibility index (Phi) is 3.40. The molecule has 0 aliphatic heterocycles. The van der Waals surface area contributed by atoms with Crippen molar-refractivity contribution < 1.29 is 8.91 Å². The fourth-order valence-corrected chi connectivity index (χ4v) is 1.49. The van der Waals surface area contributed by atoms with Crippen molar-refractivity contribution >= 4 is 11.6 Å². The number of hydrogen-bond donors (Lipinski definition) is 1. The van der Waals surface area contributed by atoms with Gasteiger partial charge in [-0.3, -0.25) is 0 Å². The van der Waals surface area contributed by atoms with Crippen LogP contribution in [-0.2, 0) is 0 Å². The van der Waals surface area contributed by atoms with E-state index in [0.717, 1.165) is 0 Å². The van der Waals surface area contributed by atoms with Crippen LogP contribution >= 0.6 is 11.6 Å². The van der Waals surface area contributed by atoms with E-state index < -0.39 is 5.82 Å². The third-order valence-corrected chi connectivity index (χ3v) is 2.67. The number of aromatic nitrogens is 2. The molecule has 1 heterocycles. The maximum Gasteiger partial charge on any atom is 0.243 e. The van der Waals surface area contributed by atoms with Crippen molar-refractivity contribution in [1.29, 1.82) is 0 Å². The molecule has 1 atom stereocenters. The van der Waals surface area contributed by atoms with Gasteiger partial charge in [0.05, 0.1) is 11.1 Å². The second-order valence-electron chi connectivity index (χ2n) is 3.60. The third kappa shape index (κ3) is 2.45. The minimum atomic E-state index is -0.482. The minimum Gasteiger partial charge on any atom is -0.337 e. The molecule has 0 aliphatic carbocycles. The van der Waals surface area contributed by atoms with E-state index in [2.05, 4.69) is 10.1 Å². The van der Waals surface area contributed by atoms with Gasteiger partial charge in [0.15, 0.2) is 0 Å². The fraction of sp³-hybridized carbons (Fsp3) is 0.273. The Morgan fingerprint density at radius 1 is 1.53 bits per heavy atom. The van der Waals surface area contributed by atoms with Gasteiger partial charge in [0, 0.05) is 5.56 Å². The van der Waals surface area contributed by atoms with Gasteiger partial charge in [-0.25, -0.2) is 4.39 Å². The van der Waals surface area contributed by atoms with Gasteiger partial charge in [-0.15, -0.1) is 0 Å². The van der Waals surface area contributed by atoms with Crippen LogP contribution in [0.4, 0.5) is 4.39 Å². The van der Waals surface area contributed by atoms with E-state index in [0.29, 0.717) is 23.7 Å². The molecule has 2 N–H and O–H groups in total. The molecule has 2 rings (SSSR count). The lowest BCUT2D eigenvalue weighted by molar-refractivity contribution is 0.352. The smallest absolute Gasteiger partial charge is 0.243 e. The first-order valence-electron chi connectivity index (χ1n) is 5.16. The lowest BCUT2D eigenvalue weighted by Gasteiger charge is -1.99. The van der Waals surface area contributed by atoms with Crippen LogP contribution in [0.5, 0.6) is 0 Å². The molecule has 0 aliphatic rings. The number of halogens is 2. The SMILES string of the molecule is CC[C@@H](N)c1nc(-c2ccc(F)c(Cl)c2)no1. The monoisotopic (exact) mass is 255 g/mol. The van der Waals surface area contributed by atoms with Gasteiger partial charge in [0.1, 0.15) is 5.82 Å². The van der Waals surface area contributed by atoms with Crippen LogP contribution in [0.2, 0.25) is 5.02 Å². The van der Waals surface area contributed by atoms with Crippen molar-refractivity contribution in [2.24, 2.45) is 5.73 Å². The minimum absolute atomic E-state index is 0.0219. The van der Waals surface area contributed by atoms with Gasteiger partial charge >= 0.3 is 0 Å². The normalized spacial score (nSPS) is 12.7. The van der Waals surface area contributed by atoms with E-state index in [1.165, 1.54) is 18.2 Å². The number of benzene rings is 1. The molecule has 0 unspecified atom stereocenters. The van der Waals surface area contributed by atoms with E-state index in [-0.39, 0.29) is 11.1 Å². The molecule has 0 fully saturated rings. The highest BCUT2D eigenvalue weighted by Crippen LogP contribution is 2.23. The Bertz CT molecular complexity index is 529. The molecule has 0 spiro atoms. The predicted octanol–water partition coefficient (Wildman–Crippen LogP) is 2.94. The number of nitrogens with two attached hydrogens (primary N) is 1. The highest BCUT2D eigenvalue weighted by atomic mass is 35.5. The molecule has 1 aromatic heterocycles. The van der Waals surface area contributed by atoms with E-state index in [1.807, 2.05) is 6.92 Å². The Labute approximate surface area is 103 Å². The highest BCUT2D eigenvalue weighted by Gasteiger charge is 2.14. The van der Waals surface area contributed by atoms with E-state index in [9.17, 15) is 4.39 Å². The summed E-state index contributed by atoms with van der Waals surface area (Å²) in [6.07, 6.45) is 0.700. The number of rotatable bonds is 3. The summed E-state index contributed by atoms with van der Waals surface area (Å²) < 4.78 is 18.0. The fourth-order valence-electron chi connectivity index (χ4n) is 1.31. The molecule has 2 aromatic rings. The van der Waals surface area contributed by atoms with Gasteiger partial charge in [-0.1, -0.05) is 23.7 Å².